The number of carbonyl (C=O) groups excluding carboxylic acids is 1. The molecule has 0 atom stereocenters. The van der Waals surface area contributed by atoms with E-state index in [9.17, 15) is 25.3 Å². The number of nitrogens with one attached hydrogen (secondary N) is 1. The third-order valence-electron chi connectivity index (χ3n) is 3.25. The van der Waals surface area contributed by atoms with E-state index >= 15 is 0 Å². The number of amides is 1. The van der Waals surface area contributed by atoms with Gasteiger partial charge in [0.15, 0.2) is 5.75 Å². The molecule has 1 amide bonds. The molecular weight excluding hydrogens is 362 g/mol. The van der Waals surface area contributed by atoms with Crippen LogP contribution in [0.5, 0.6) is 11.5 Å². The van der Waals surface area contributed by atoms with Crippen LogP contribution in [0.15, 0.2) is 42.0 Å². The van der Waals surface area contributed by atoms with Crippen molar-refractivity contribution in [2.24, 2.45) is 0 Å². The van der Waals surface area contributed by atoms with Crippen molar-refractivity contribution in [2.45, 2.75) is 0 Å². The fourth-order valence-electron chi connectivity index (χ4n) is 2.07. The van der Waals surface area contributed by atoms with Crippen molar-refractivity contribution in [1.82, 2.24) is 0 Å². The number of aromatic hydroxyl groups is 1. The summed E-state index contributed by atoms with van der Waals surface area (Å²) in [7, 11) is 1.23. The lowest BCUT2D eigenvalue weighted by Crippen LogP contribution is -2.13. The first kappa shape index (κ1) is 18.8. The Labute approximate surface area is 153 Å². The molecule has 0 aliphatic carbocycles. The third-order valence-corrected chi connectivity index (χ3v) is 3.49. The zero-order valence-corrected chi connectivity index (χ0v) is 14.1. The molecule has 2 aromatic rings. The van der Waals surface area contributed by atoms with Crippen LogP contribution < -0.4 is 10.1 Å². The average molecular weight is 374 g/mol. The number of benzene rings is 2. The highest BCUT2D eigenvalue weighted by molar-refractivity contribution is 6.31. The number of rotatable bonds is 5. The van der Waals surface area contributed by atoms with E-state index in [1.807, 2.05) is 0 Å². The van der Waals surface area contributed by atoms with Crippen molar-refractivity contribution in [3.63, 3.8) is 0 Å². The number of nitriles is 1. The van der Waals surface area contributed by atoms with Gasteiger partial charge in [-0.25, -0.2) is 0 Å². The van der Waals surface area contributed by atoms with Crippen LogP contribution in [0.1, 0.15) is 5.56 Å². The summed E-state index contributed by atoms with van der Waals surface area (Å²) >= 11 is 5.83. The second kappa shape index (κ2) is 8.00. The molecule has 2 N–H and O–H groups in total. The second-order valence-corrected chi connectivity index (χ2v) is 5.42. The monoisotopic (exact) mass is 373 g/mol. The number of methoxy groups -OCH3 is 1. The molecule has 0 spiro atoms. The van der Waals surface area contributed by atoms with Gasteiger partial charge < -0.3 is 15.2 Å². The lowest BCUT2D eigenvalue weighted by atomic mass is 10.1. The Morgan fingerprint density at radius 3 is 2.73 bits per heavy atom. The molecule has 0 radical (unpaired) electrons. The molecule has 0 aromatic heterocycles. The quantitative estimate of drug-likeness (QED) is 0.357. The van der Waals surface area contributed by atoms with E-state index in [4.69, 9.17) is 16.3 Å². The zero-order chi connectivity index (χ0) is 19.3. The Morgan fingerprint density at radius 1 is 1.42 bits per heavy atom. The normalized spacial score (nSPS) is 10.7. The van der Waals surface area contributed by atoms with Crippen LogP contribution in [0.2, 0.25) is 5.02 Å². The van der Waals surface area contributed by atoms with Gasteiger partial charge in [-0.05, 0) is 35.9 Å². The van der Waals surface area contributed by atoms with Crippen molar-refractivity contribution in [1.29, 1.82) is 5.26 Å². The number of phenolic OH excluding ortho intramolecular Hbond substituents is 1. The van der Waals surface area contributed by atoms with E-state index in [0.29, 0.717) is 10.7 Å². The summed E-state index contributed by atoms with van der Waals surface area (Å²) < 4.78 is 4.88. The van der Waals surface area contributed by atoms with E-state index in [1.54, 1.807) is 24.3 Å². The summed E-state index contributed by atoms with van der Waals surface area (Å²) in [5, 5.41) is 32.9. The van der Waals surface area contributed by atoms with Crippen LogP contribution in [0.4, 0.5) is 11.4 Å². The first-order valence-corrected chi connectivity index (χ1v) is 7.47. The number of nitro benzene ring substituents is 1. The molecule has 8 nitrogen and oxygen atoms in total. The van der Waals surface area contributed by atoms with Gasteiger partial charge in [-0.2, -0.15) is 5.26 Å². The van der Waals surface area contributed by atoms with Crippen LogP contribution in [-0.2, 0) is 4.79 Å². The van der Waals surface area contributed by atoms with Crippen LogP contribution in [0.3, 0.4) is 0 Å². The van der Waals surface area contributed by atoms with Crippen molar-refractivity contribution in [3.05, 3.63) is 62.7 Å². The first-order chi connectivity index (χ1) is 12.3. The summed E-state index contributed by atoms with van der Waals surface area (Å²) in [5.74, 6) is -1.51. The van der Waals surface area contributed by atoms with E-state index in [0.717, 1.165) is 12.1 Å². The third kappa shape index (κ3) is 4.28. The minimum atomic E-state index is -0.798. The number of nitrogens with zero attached hydrogens (tertiary/aromatic N) is 2. The number of carbonyl (C=O) groups is 1. The fourth-order valence-corrected chi connectivity index (χ4v) is 2.26. The lowest BCUT2D eigenvalue weighted by Gasteiger charge is -2.07. The second-order valence-electron chi connectivity index (χ2n) is 4.98. The molecule has 0 unspecified atom stereocenters. The topological polar surface area (TPSA) is 125 Å². The SMILES string of the molecule is COc1cc(/C=C(\C#N)C(=O)Nc2cccc(Cl)c2)cc([N+](=O)[O-])c1O. The summed E-state index contributed by atoms with van der Waals surface area (Å²) in [6.07, 6.45) is 1.15. The van der Waals surface area contributed by atoms with Crippen LogP contribution >= 0.6 is 11.6 Å². The number of hydrogen-bond donors (Lipinski definition) is 2. The molecule has 0 bridgehead atoms. The maximum absolute atomic E-state index is 12.2. The minimum absolute atomic E-state index is 0.143. The molecule has 0 aliphatic heterocycles. The number of phenols is 1. The summed E-state index contributed by atoms with van der Waals surface area (Å²) in [6, 6.07) is 10.4. The van der Waals surface area contributed by atoms with Crippen LogP contribution in [0.25, 0.3) is 6.08 Å². The number of anilines is 1. The Kier molecular flexibility index (Phi) is 5.78. The van der Waals surface area contributed by atoms with Gasteiger partial charge in [-0.1, -0.05) is 17.7 Å². The molecule has 0 fully saturated rings. The van der Waals surface area contributed by atoms with Crippen molar-refractivity contribution in [2.75, 3.05) is 12.4 Å². The Morgan fingerprint density at radius 2 is 2.15 bits per heavy atom. The van der Waals surface area contributed by atoms with Gasteiger partial charge in [0.25, 0.3) is 5.91 Å². The van der Waals surface area contributed by atoms with Crippen molar-refractivity contribution < 1.29 is 19.6 Å². The highest BCUT2D eigenvalue weighted by atomic mass is 35.5. The highest BCUT2D eigenvalue weighted by Crippen LogP contribution is 2.37. The maximum Gasteiger partial charge on any atom is 0.315 e. The molecule has 132 valence electrons. The Balaban J connectivity index is 2.39. The van der Waals surface area contributed by atoms with Gasteiger partial charge in [0.1, 0.15) is 11.6 Å². The molecular formula is C17H12ClN3O5. The van der Waals surface area contributed by atoms with Crippen molar-refractivity contribution in [3.8, 4) is 17.6 Å². The first-order valence-electron chi connectivity index (χ1n) is 7.09. The van der Waals surface area contributed by atoms with Gasteiger partial charge in [0.2, 0.25) is 5.75 Å². The van der Waals surface area contributed by atoms with Gasteiger partial charge in [-0.15, -0.1) is 0 Å². The molecule has 9 heteroatoms. The number of ether oxygens (including phenoxy) is 1. The zero-order valence-electron chi connectivity index (χ0n) is 13.4. The van der Waals surface area contributed by atoms with E-state index < -0.39 is 22.3 Å². The van der Waals surface area contributed by atoms with Crippen molar-refractivity contribution >= 4 is 35.0 Å². The standard InChI is InChI=1S/C17H12ClN3O5/c1-26-15-7-10(6-14(16(15)22)21(24)25)5-11(9-19)17(23)20-13-4-2-3-12(18)8-13/h2-8,22H,1H3,(H,20,23)/b11-5+. The Bertz CT molecular complexity index is 950. The number of halogens is 1. The molecule has 0 heterocycles. The minimum Gasteiger partial charge on any atom is -0.500 e. The fraction of sp³-hybridized carbons (Fsp3) is 0.0588. The summed E-state index contributed by atoms with van der Waals surface area (Å²) in [6.45, 7) is 0. The molecule has 0 saturated carbocycles. The number of hydrogen-bond acceptors (Lipinski definition) is 6. The number of nitro groups is 1. The van der Waals surface area contributed by atoms with Gasteiger partial charge in [0.05, 0.1) is 12.0 Å². The summed E-state index contributed by atoms with van der Waals surface area (Å²) in [4.78, 5) is 22.5. The summed E-state index contributed by atoms with van der Waals surface area (Å²) in [5.41, 5.74) is -0.378. The van der Waals surface area contributed by atoms with Gasteiger partial charge in [0, 0.05) is 16.8 Å². The average Bonchev–Trinajstić information content (AvgIpc) is 2.60. The smallest absolute Gasteiger partial charge is 0.315 e. The predicted octanol–water partition coefficient (Wildman–Crippen LogP) is 3.51. The van der Waals surface area contributed by atoms with Crippen LogP contribution in [-0.4, -0.2) is 23.0 Å². The predicted molar refractivity (Wildman–Crippen MR) is 95.0 cm³/mol. The maximum atomic E-state index is 12.2. The molecule has 26 heavy (non-hydrogen) atoms. The Hall–Kier alpha value is -3.57. The lowest BCUT2D eigenvalue weighted by molar-refractivity contribution is -0.386. The van der Waals surface area contributed by atoms with E-state index in [2.05, 4.69) is 5.32 Å². The highest BCUT2D eigenvalue weighted by Gasteiger charge is 2.20. The molecule has 0 saturated heterocycles. The van der Waals surface area contributed by atoms with Gasteiger partial charge >= 0.3 is 5.69 Å². The van der Waals surface area contributed by atoms with E-state index in [1.165, 1.54) is 19.2 Å². The molecule has 2 aromatic carbocycles. The van der Waals surface area contributed by atoms with Crippen LogP contribution in [0, 0.1) is 21.4 Å². The van der Waals surface area contributed by atoms with Gasteiger partial charge in [-0.3, -0.25) is 14.9 Å². The molecule has 0 aliphatic rings. The molecule has 2 rings (SSSR count). The van der Waals surface area contributed by atoms with E-state index in [-0.39, 0.29) is 16.9 Å². The largest absolute Gasteiger partial charge is 0.500 e.